The molecule has 148 valence electrons. The molecule has 7 heteroatoms. The first-order valence-electron chi connectivity index (χ1n) is 9.62. The first-order valence-corrected chi connectivity index (χ1v) is 10.6. The average Bonchev–Trinajstić information content (AvgIpc) is 3.06. The molecule has 1 aliphatic rings. The summed E-state index contributed by atoms with van der Waals surface area (Å²) in [4.78, 5) is 4.37. The number of hydrogen-bond donors (Lipinski definition) is 0. The van der Waals surface area contributed by atoms with Gasteiger partial charge >= 0.3 is 0 Å². The third-order valence-corrected chi connectivity index (χ3v) is 5.94. The molecule has 0 amide bonds. The molecule has 0 bridgehead atoms. The van der Waals surface area contributed by atoms with Gasteiger partial charge in [0, 0.05) is 35.4 Å². The molecule has 3 heterocycles. The highest BCUT2D eigenvalue weighted by Crippen LogP contribution is 2.27. The van der Waals surface area contributed by atoms with Gasteiger partial charge in [-0.1, -0.05) is 31.7 Å². The second kappa shape index (κ2) is 8.19. The summed E-state index contributed by atoms with van der Waals surface area (Å²) in [5, 5.41) is 10.8. The maximum absolute atomic E-state index is 5.80. The van der Waals surface area contributed by atoms with Crippen molar-refractivity contribution in [2.75, 3.05) is 19.0 Å². The Morgan fingerprint density at radius 2 is 2.00 bits per heavy atom. The standard InChI is InChI=1S/C21H26N4O2S/c1-21(2)13-26-18(27-14-21)7-5-11-28-20-24-23-19(25(20)3)16-8-9-17-15(12-16)6-4-10-22-17/h4,6,8-10,12,18H,5,7,11,13-14H2,1-3H3. The van der Waals surface area contributed by atoms with E-state index in [9.17, 15) is 0 Å². The van der Waals surface area contributed by atoms with Crippen molar-refractivity contribution in [2.24, 2.45) is 12.5 Å². The molecule has 0 aliphatic carbocycles. The summed E-state index contributed by atoms with van der Waals surface area (Å²) in [6.07, 6.45) is 3.66. The summed E-state index contributed by atoms with van der Waals surface area (Å²) in [6, 6.07) is 10.2. The fraction of sp³-hybridized carbons (Fsp3) is 0.476. The van der Waals surface area contributed by atoms with Gasteiger partial charge in [0.2, 0.25) is 0 Å². The minimum Gasteiger partial charge on any atom is -0.352 e. The van der Waals surface area contributed by atoms with E-state index in [-0.39, 0.29) is 11.7 Å². The third kappa shape index (κ3) is 4.37. The van der Waals surface area contributed by atoms with Gasteiger partial charge in [-0.2, -0.15) is 0 Å². The largest absolute Gasteiger partial charge is 0.352 e. The van der Waals surface area contributed by atoms with Crippen LogP contribution in [0, 0.1) is 5.41 Å². The molecule has 0 atom stereocenters. The number of nitrogens with zero attached hydrogens (tertiary/aromatic N) is 4. The molecule has 0 saturated carbocycles. The third-order valence-electron chi connectivity index (χ3n) is 4.83. The zero-order valence-corrected chi connectivity index (χ0v) is 17.4. The van der Waals surface area contributed by atoms with E-state index >= 15 is 0 Å². The van der Waals surface area contributed by atoms with Crippen LogP contribution >= 0.6 is 11.8 Å². The first kappa shape index (κ1) is 19.4. The fourth-order valence-electron chi connectivity index (χ4n) is 3.21. The van der Waals surface area contributed by atoms with Crippen LogP contribution in [0.1, 0.15) is 26.7 Å². The van der Waals surface area contributed by atoms with E-state index in [1.54, 1.807) is 11.8 Å². The van der Waals surface area contributed by atoms with Gasteiger partial charge in [0.05, 0.1) is 18.7 Å². The van der Waals surface area contributed by atoms with Crippen LogP contribution < -0.4 is 0 Å². The molecule has 1 fully saturated rings. The SMILES string of the molecule is Cn1c(SCCCC2OCC(C)(C)CO2)nnc1-c1ccc2ncccc2c1. The highest BCUT2D eigenvalue weighted by molar-refractivity contribution is 7.99. The van der Waals surface area contributed by atoms with Crippen molar-refractivity contribution in [3.63, 3.8) is 0 Å². The van der Waals surface area contributed by atoms with Gasteiger partial charge in [-0.25, -0.2) is 0 Å². The molecular formula is C21H26N4O2S. The van der Waals surface area contributed by atoms with Crippen LogP contribution in [0.4, 0.5) is 0 Å². The molecule has 2 aromatic heterocycles. The molecule has 3 aromatic rings. The zero-order chi connectivity index (χ0) is 19.6. The molecular weight excluding hydrogens is 372 g/mol. The highest BCUT2D eigenvalue weighted by Gasteiger charge is 2.27. The van der Waals surface area contributed by atoms with Crippen molar-refractivity contribution in [3.05, 3.63) is 36.5 Å². The molecule has 1 saturated heterocycles. The normalized spacial score (nSPS) is 17.2. The Morgan fingerprint density at radius 3 is 2.82 bits per heavy atom. The first-order chi connectivity index (χ1) is 13.5. The van der Waals surface area contributed by atoms with E-state index in [1.807, 2.05) is 31.4 Å². The molecule has 6 nitrogen and oxygen atoms in total. The van der Waals surface area contributed by atoms with Gasteiger partial charge in [-0.05, 0) is 37.1 Å². The van der Waals surface area contributed by atoms with Crippen molar-refractivity contribution in [1.82, 2.24) is 19.7 Å². The minimum absolute atomic E-state index is 0.0742. The molecule has 0 radical (unpaired) electrons. The van der Waals surface area contributed by atoms with Gasteiger partial charge in [-0.15, -0.1) is 10.2 Å². The van der Waals surface area contributed by atoms with E-state index in [0.29, 0.717) is 0 Å². The number of aromatic nitrogens is 4. The molecule has 1 aliphatic heterocycles. The summed E-state index contributed by atoms with van der Waals surface area (Å²) < 4.78 is 13.6. The van der Waals surface area contributed by atoms with Gasteiger partial charge in [0.1, 0.15) is 0 Å². The van der Waals surface area contributed by atoms with Crippen molar-refractivity contribution in [3.8, 4) is 11.4 Å². The summed E-state index contributed by atoms with van der Waals surface area (Å²) in [6.45, 7) is 5.85. The van der Waals surface area contributed by atoms with Gasteiger partial charge in [0.25, 0.3) is 0 Å². The number of benzene rings is 1. The number of pyridine rings is 1. The Hall–Kier alpha value is -1.96. The Kier molecular flexibility index (Phi) is 5.66. The zero-order valence-electron chi connectivity index (χ0n) is 16.6. The number of hydrogen-bond acceptors (Lipinski definition) is 6. The van der Waals surface area contributed by atoms with E-state index in [1.165, 1.54) is 0 Å². The Morgan fingerprint density at radius 1 is 1.18 bits per heavy atom. The Bertz CT molecular complexity index is 946. The molecule has 0 spiro atoms. The second-order valence-corrected chi connectivity index (χ2v) is 9.04. The number of ether oxygens (including phenoxy) is 2. The fourth-order valence-corrected chi connectivity index (χ4v) is 4.09. The molecule has 28 heavy (non-hydrogen) atoms. The summed E-state index contributed by atoms with van der Waals surface area (Å²) in [5.41, 5.74) is 2.16. The van der Waals surface area contributed by atoms with Crippen LogP contribution in [-0.4, -0.2) is 45.0 Å². The quantitative estimate of drug-likeness (QED) is 0.456. The van der Waals surface area contributed by atoms with Crippen LogP contribution in [0.2, 0.25) is 0 Å². The Balaban J connectivity index is 1.33. The monoisotopic (exact) mass is 398 g/mol. The van der Waals surface area contributed by atoms with Gasteiger partial charge in [0.15, 0.2) is 17.3 Å². The highest BCUT2D eigenvalue weighted by atomic mass is 32.2. The lowest BCUT2D eigenvalue weighted by Crippen LogP contribution is -2.37. The molecule has 4 rings (SSSR count). The predicted molar refractivity (Wildman–Crippen MR) is 111 cm³/mol. The smallest absolute Gasteiger partial charge is 0.191 e. The number of rotatable bonds is 6. The van der Waals surface area contributed by atoms with Gasteiger partial charge < -0.3 is 14.0 Å². The van der Waals surface area contributed by atoms with E-state index in [2.05, 4.69) is 45.7 Å². The summed E-state index contributed by atoms with van der Waals surface area (Å²) in [7, 11) is 2.01. The Labute approximate surface area is 169 Å². The maximum atomic E-state index is 5.80. The van der Waals surface area contributed by atoms with Crippen LogP contribution in [-0.2, 0) is 16.5 Å². The summed E-state index contributed by atoms with van der Waals surface area (Å²) >= 11 is 1.72. The van der Waals surface area contributed by atoms with Crippen LogP contribution in [0.5, 0.6) is 0 Å². The number of thioether (sulfide) groups is 1. The average molecular weight is 399 g/mol. The van der Waals surface area contributed by atoms with Crippen molar-refractivity contribution in [2.45, 2.75) is 38.1 Å². The predicted octanol–water partition coefficient (Wildman–Crippen LogP) is 4.30. The van der Waals surface area contributed by atoms with E-state index < -0.39 is 0 Å². The number of fused-ring (bicyclic) bond motifs is 1. The van der Waals surface area contributed by atoms with Crippen molar-refractivity contribution in [1.29, 1.82) is 0 Å². The molecule has 0 N–H and O–H groups in total. The van der Waals surface area contributed by atoms with Crippen molar-refractivity contribution >= 4 is 22.7 Å². The lowest BCUT2D eigenvalue weighted by molar-refractivity contribution is -0.223. The molecule has 0 unspecified atom stereocenters. The molecule has 1 aromatic carbocycles. The lowest BCUT2D eigenvalue weighted by Gasteiger charge is -2.34. The van der Waals surface area contributed by atoms with Crippen LogP contribution in [0.3, 0.4) is 0 Å². The van der Waals surface area contributed by atoms with Crippen molar-refractivity contribution < 1.29 is 9.47 Å². The van der Waals surface area contributed by atoms with E-state index in [4.69, 9.17) is 9.47 Å². The topological polar surface area (TPSA) is 62.1 Å². The minimum atomic E-state index is -0.0742. The van der Waals surface area contributed by atoms with Crippen LogP contribution in [0.25, 0.3) is 22.3 Å². The maximum Gasteiger partial charge on any atom is 0.191 e. The van der Waals surface area contributed by atoms with Gasteiger partial charge in [-0.3, -0.25) is 4.98 Å². The van der Waals surface area contributed by atoms with Crippen LogP contribution in [0.15, 0.2) is 41.7 Å². The summed E-state index contributed by atoms with van der Waals surface area (Å²) in [5.74, 6) is 1.83. The lowest BCUT2D eigenvalue weighted by atomic mass is 9.95. The second-order valence-electron chi connectivity index (χ2n) is 7.98. The van der Waals surface area contributed by atoms with E-state index in [0.717, 1.165) is 59.3 Å².